The minimum atomic E-state index is -1.43. The van der Waals surface area contributed by atoms with Crippen LogP contribution in [0.25, 0.3) is 0 Å². The molecule has 0 saturated carbocycles. The molecular weight excluding hydrogens is 506 g/mol. The van der Waals surface area contributed by atoms with Gasteiger partial charge in [-0.2, -0.15) is 0 Å². The monoisotopic (exact) mass is 553 g/mol. The van der Waals surface area contributed by atoms with E-state index < -0.39 is 54.1 Å². The van der Waals surface area contributed by atoms with Gasteiger partial charge in [0.05, 0.1) is 31.3 Å². The van der Waals surface area contributed by atoms with Gasteiger partial charge < -0.3 is 34.8 Å². The summed E-state index contributed by atoms with van der Waals surface area (Å²) in [6, 6.07) is -0.417. The molecule has 10 heteroatoms. The van der Waals surface area contributed by atoms with Crippen molar-refractivity contribution in [3.63, 3.8) is 0 Å². The normalized spacial score (nSPS) is 30.2. The number of ether oxygens (including phenoxy) is 3. The van der Waals surface area contributed by atoms with Gasteiger partial charge >= 0.3 is 18.0 Å². The quantitative estimate of drug-likeness (QED) is 0.146. The first-order chi connectivity index (χ1) is 18.2. The number of aliphatic hydroxyl groups is 3. The Labute approximate surface area is 232 Å². The molecule has 1 amide bonds. The first kappa shape index (κ1) is 34.3. The third-order valence-corrected chi connectivity index (χ3v) is 6.68. The summed E-state index contributed by atoms with van der Waals surface area (Å²) in [4.78, 5) is 36.1. The van der Waals surface area contributed by atoms with Crippen LogP contribution in [0.1, 0.15) is 74.1 Å². The van der Waals surface area contributed by atoms with Crippen molar-refractivity contribution >= 4 is 18.0 Å². The Kier molecular flexibility index (Phi) is 14.5. The summed E-state index contributed by atoms with van der Waals surface area (Å²) < 4.78 is 16.3. The molecule has 39 heavy (non-hydrogen) atoms. The third-order valence-electron chi connectivity index (χ3n) is 6.68. The third kappa shape index (κ3) is 12.8. The van der Waals surface area contributed by atoms with Gasteiger partial charge in [0.1, 0.15) is 17.8 Å². The van der Waals surface area contributed by atoms with Crippen LogP contribution in [0.3, 0.4) is 0 Å². The van der Waals surface area contributed by atoms with E-state index in [1.54, 1.807) is 31.2 Å². The van der Waals surface area contributed by atoms with Crippen LogP contribution in [0.5, 0.6) is 0 Å². The standard InChI is InChI=1S/C29H47NO9/c1-8-24(33)21(5)30-28(35)37-17-18(2)10-9-11-19(3)27-20(4)12-13-25(38-22(6)31)29(7,36)15-14-23(32)16-26(34)39-27/h9-13,18,20-21,23-25,27,32-33,36H,8,14-17H2,1-7H3,(H,30,35)/b10-9+,13-12+,19-11+/t18-,20+,21-,23-,24+,25+,27-,29-/m1/s1. The predicted octanol–water partition coefficient (Wildman–Crippen LogP) is 3.34. The number of nitrogens with one attached hydrogen (secondary N) is 1. The van der Waals surface area contributed by atoms with Gasteiger partial charge in [0.25, 0.3) is 0 Å². The molecule has 1 rings (SSSR count). The second-order valence-corrected chi connectivity index (χ2v) is 10.7. The van der Waals surface area contributed by atoms with Crippen molar-refractivity contribution in [2.75, 3.05) is 6.61 Å². The van der Waals surface area contributed by atoms with E-state index in [-0.39, 0.29) is 37.7 Å². The topological polar surface area (TPSA) is 152 Å². The van der Waals surface area contributed by atoms with E-state index in [0.717, 1.165) is 5.57 Å². The predicted molar refractivity (Wildman–Crippen MR) is 147 cm³/mol. The van der Waals surface area contributed by atoms with Gasteiger partial charge in [0.2, 0.25) is 0 Å². The second kappa shape index (κ2) is 16.4. The molecule has 0 unspecified atom stereocenters. The maximum atomic E-state index is 12.6. The number of carbonyl (C=O) groups is 3. The van der Waals surface area contributed by atoms with E-state index in [4.69, 9.17) is 14.2 Å². The summed E-state index contributed by atoms with van der Waals surface area (Å²) in [5.74, 6) is -1.55. The highest BCUT2D eigenvalue weighted by molar-refractivity contribution is 5.70. The van der Waals surface area contributed by atoms with Gasteiger partial charge in [-0.25, -0.2) is 4.79 Å². The number of cyclic esters (lactones) is 1. The maximum absolute atomic E-state index is 12.6. The van der Waals surface area contributed by atoms with Crippen molar-refractivity contribution in [1.82, 2.24) is 5.32 Å². The van der Waals surface area contributed by atoms with Crippen molar-refractivity contribution in [3.8, 4) is 0 Å². The zero-order valence-corrected chi connectivity index (χ0v) is 24.3. The molecule has 1 heterocycles. The Balaban J connectivity index is 2.97. The Morgan fingerprint density at radius 1 is 1.28 bits per heavy atom. The van der Waals surface area contributed by atoms with Crippen LogP contribution >= 0.6 is 0 Å². The lowest BCUT2D eigenvalue weighted by atomic mass is 9.88. The van der Waals surface area contributed by atoms with Crippen LogP contribution < -0.4 is 5.32 Å². The second-order valence-electron chi connectivity index (χ2n) is 10.7. The zero-order valence-electron chi connectivity index (χ0n) is 24.3. The molecule has 0 saturated heterocycles. The van der Waals surface area contributed by atoms with Gasteiger partial charge in [-0.3, -0.25) is 9.59 Å². The van der Waals surface area contributed by atoms with Crippen LogP contribution in [-0.2, 0) is 23.8 Å². The van der Waals surface area contributed by atoms with Gasteiger partial charge in [-0.1, -0.05) is 45.1 Å². The number of amides is 1. The molecule has 0 radical (unpaired) electrons. The van der Waals surface area contributed by atoms with E-state index in [0.29, 0.717) is 6.42 Å². The maximum Gasteiger partial charge on any atom is 0.407 e. The average molecular weight is 554 g/mol. The Bertz CT molecular complexity index is 895. The Morgan fingerprint density at radius 3 is 2.56 bits per heavy atom. The van der Waals surface area contributed by atoms with Gasteiger partial charge in [0, 0.05) is 18.8 Å². The number of rotatable bonds is 9. The molecule has 8 atom stereocenters. The summed E-state index contributed by atoms with van der Waals surface area (Å²) in [7, 11) is 0. The van der Waals surface area contributed by atoms with Crippen LogP contribution in [0.4, 0.5) is 4.79 Å². The van der Waals surface area contributed by atoms with Crippen molar-refractivity contribution in [2.45, 2.75) is 110 Å². The summed E-state index contributed by atoms with van der Waals surface area (Å²) in [5.41, 5.74) is -0.703. The molecule has 0 aromatic heterocycles. The summed E-state index contributed by atoms with van der Waals surface area (Å²) in [6.45, 7) is 12.0. The molecule has 0 spiro atoms. The molecule has 0 bridgehead atoms. The van der Waals surface area contributed by atoms with Gasteiger partial charge in [-0.05, 0) is 51.7 Å². The smallest absolute Gasteiger partial charge is 0.407 e. The van der Waals surface area contributed by atoms with Crippen LogP contribution in [-0.4, -0.2) is 76.0 Å². The Morgan fingerprint density at radius 2 is 1.95 bits per heavy atom. The van der Waals surface area contributed by atoms with Crippen molar-refractivity contribution in [2.24, 2.45) is 11.8 Å². The molecule has 0 fully saturated rings. The number of aliphatic hydroxyl groups excluding tert-OH is 2. The lowest BCUT2D eigenvalue weighted by Gasteiger charge is -2.32. The number of allylic oxidation sites excluding steroid dienone is 2. The fraction of sp³-hybridized carbons (Fsp3) is 0.690. The molecule has 0 aromatic rings. The van der Waals surface area contributed by atoms with Gasteiger partial charge in [0.15, 0.2) is 0 Å². The lowest BCUT2D eigenvalue weighted by molar-refractivity contribution is -0.157. The van der Waals surface area contributed by atoms with Crippen LogP contribution in [0.15, 0.2) is 36.0 Å². The van der Waals surface area contributed by atoms with E-state index in [9.17, 15) is 29.7 Å². The lowest BCUT2D eigenvalue weighted by Crippen LogP contribution is -2.42. The molecule has 1 aliphatic rings. The van der Waals surface area contributed by atoms with E-state index in [1.165, 1.54) is 13.8 Å². The summed E-state index contributed by atoms with van der Waals surface area (Å²) in [5, 5.41) is 33.6. The average Bonchev–Trinajstić information content (AvgIpc) is 2.85. The zero-order chi connectivity index (χ0) is 29.8. The van der Waals surface area contributed by atoms with E-state index in [1.807, 2.05) is 33.8 Å². The van der Waals surface area contributed by atoms with Crippen molar-refractivity contribution in [1.29, 1.82) is 0 Å². The minimum absolute atomic E-state index is 0.107. The summed E-state index contributed by atoms with van der Waals surface area (Å²) >= 11 is 0. The molecule has 222 valence electrons. The molecule has 0 aromatic carbocycles. The number of esters is 2. The Hall–Kier alpha value is -2.69. The number of carbonyl (C=O) groups excluding carboxylic acids is 3. The highest BCUT2D eigenvalue weighted by Gasteiger charge is 2.35. The molecule has 4 N–H and O–H groups in total. The van der Waals surface area contributed by atoms with E-state index in [2.05, 4.69) is 5.32 Å². The highest BCUT2D eigenvalue weighted by atomic mass is 16.6. The molecule has 1 aliphatic heterocycles. The van der Waals surface area contributed by atoms with Gasteiger partial charge in [-0.15, -0.1) is 0 Å². The summed E-state index contributed by atoms with van der Waals surface area (Å²) in [6.07, 6.45) is 5.42. The number of alkyl carbamates (subject to hydrolysis) is 1. The SMILES string of the molecule is CC[C@H](O)[C@@H](C)NC(=O)OC[C@H](C)/C=C/C=C(\C)[C@H]1OC(=O)C[C@H](O)CC[C@@](C)(O)[C@@H](OC(C)=O)/C=C/[C@@H]1C. The number of hydrogen-bond acceptors (Lipinski definition) is 9. The molecule has 0 aliphatic carbocycles. The molecule has 10 nitrogen and oxygen atoms in total. The molecular formula is C29H47NO9. The van der Waals surface area contributed by atoms with Crippen LogP contribution in [0.2, 0.25) is 0 Å². The van der Waals surface area contributed by atoms with E-state index >= 15 is 0 Å². The number of hydrogen-bond donors (Lipinski definition) is 4. The fourth-order valence-corrected chi connectivity index (χ4v) is 4.06. The minimum Gasteiger partial charge on any atom is -0.457 e. The first-order valence-electron chi connectivity index (χ1n) is 13.6. The fourth-order valence-electron chi connectivity index (χ4n) is 4.06. The highest BCUT2D eigenvalue weighted by Crippen LogP contribution is 2.27. The van der Waals surface area contributed by atoms with Crippen LogP contribution in [0, 0.1) is 11.8 Å². The first-order valence-corrected chi connectivity index (χ1v) is 13.6. The van der Waals surface area contributed by atoms with Crippen molar-refractivity contribution in [3.05, 3.63) is 36.0 Å². The van der Waals surface area contributed by atoms with Crippen molar-refractivity contribution < 1.29 is 43.9 Å². The largest absolute Gasteiger partial charge is 0.457 e.